The topological polar surface area (TPSA) is 29.5 Å². The minimum absolute atomic E-state index is 0.0714. The zero-order chi connectivity index (χ0) is 15.6. The number of hydrogen-bond donors (Lipinski definition) is 1. The normalized spacial score (nSPS) is 18.6. The summed E-state index contributed by atoms with van der Waals surface area (Å²) >= 11 is 0. The van der Waals surface area contributed by atoms with E-state index in [0.717, 1.165) is 5.56 Å². The molecule has 0 unspecified atom stereocenters. The predicted octanol–water partition coefficient (Wildman–Crippen LogP) is 4.27. The molecular weight excluding hydrogens is 264 g/mol. The van der Waals surface area contributed by atoms with E-state index in [9.17, 15) is 5.11 Å². The van der Waals surface area contributed by atoms with Gasteiger partial charge in [0.25, 0.3) is 0 Å². The van der Waals surface area contributed by atoms with Crippen LogP contribution in [0.5, 0.6) is 0 Å². The Bertz CT molecular complexity index is 407. The summed E-state index contributed by atoms with van der Waals surface area (Å²) in [5.74, 6) is 0.434. The lowest BCUT2D eigenvalue weighted by Crippen LogP contribution is -2.58. The zero-order valence-corrected chi connectivity index (χ0v) is 15.0. The fourth-order valence-corrected chi connectivity index (χ4v) is 4.41. The summed E-state index contributed by atoms with van der Waals surface area (Å²) in [4.78, 5) is 0. The molecule has 0 heterocycles. The molecule has 0 saturated carbocycles. The minimum Gasteiger partial charge on any atom is -0.393 e. The molecule has 1 rings (SSSR count). The van der Waals surface area contributed by atoms with Crippen LogP contribution in [0.2, 0.25) is 19.6 Å². The van der Waals surface area contributed by atoms with Crippen LogP contribution in [0.15, 0.2) is 30.3 Å². The summed E-state index contributed by atoms with van der Waals surface area (Å²) in [5.41, 5.74) is 1.15. The van der Waals surface area contributed by atoms with Crippen LogP contribution in [0.1, 0.15) is 32.4 Å². The molecule has 114 valence electrons. The number of hydrogen-bond acceptors (Lipinski definition) is 2. The lowest BCUT2D eigenvalue weighted by atomic mass is 9.82. The van der Waals surface area contributed by atoms with Crippen molar-refractivity contribution in [3.8, 4) is 0 Å². The lowest BCUT2D eigenvalue weighted by molar-refractivity contribution is -0.0558. The molecule has 0 spiro atoms. The number of aliphatic hydroxyl groups is 1. The third-order valence-electron chi connectivity index (χ3n) is 4.59. The third-order valence-corrected chi connectivity index (χ3v) is 7.96. The first-order valence-corrected chi connectivity index (χ1v) is 10.9. The Hall–Kier alpha value is -0.643. The van der Waals surface area contributed by atoms with Crippen molar-refractivity contribution in [1.29, 1.82) is 0 Å². The summed E-state index contributed by atoms with van der Waals surface area (Å²) in [5, 5.41) is 10.5. The fourth-order valence-electron chi connectivity index (χ4n) is 2.93. The molecule has 1 aromatic carbocycles. The number of methoxy groups -OCH3 is 1. The highest BCUT2D eigenvalue weighted by Crippen LogP contribution is 2.42. The summed E-state index contributed by atoms with van der Waals surface area (Å²) in [6.07, 6.45) is -0.0714. The Balaban J connectivity index is 3.25. The van der Waals surface area contributed by atoms with Crippen LogP contribution in [-0.2, 0) is 4.74 Å². The van der Waals surface area contributed by atoms with E-state index in [1.807, 2.05) is 25.1 Å². The minimum atomic E-state index is -1.75. The van der Waals surface area contributed by atoms with Crippen LogP contribution in [0, 0.1) is 11.8 Å². The summed E-state index contributed by atoms with van der Waals surface area (Å²) in [7, 11) is -0.00367. The second-order valence-electron chi connectivity index (χ2n) is 7.23. The highest BCUT2D eigenvalue weighted by Gasteiger charge is 2.48. The molecule has 0 saturated heterocycles. The molecule has 2 nitrogen and oxygen atoms in total. The average molecular weight is 295 g/mol. The molecule has 0 aliphatic carbocycles. The zero-order valence-electron chi connectivity index (χ0n) is 14.0. The summed E-state index contributed by atoms with van der Waals surface area (Å²) in [6, 6.07) is 10.2. The fraction of sp³-hybridized carbons (Fsp3) is 0.647. The van der Waals surface area contributed by atoms with E-state index in [2.05, 4.69) is 45.6 Å². The Morgan fingerprint density at radius 3 is 1.95 bits per heavy atom. The van der Waals surface area contributed by atoms with Crippen molar-refractivity contribution in [1.82, 2.24) is 0 Å². The first kappa shape index (κ1) is 17.4. The van der Waals surface area contributed by atoms with E-state index in [0.29, 0.717) is 5.92 Å². The molecular formula is C17H30O2Si. The van der Waals surface area contributed by atoms with Gasteiger partial charge in [-0.25, -0.2) is 0 Å². The molecule has 3 atom stereocenters. The monoisotopic (exact) mass is 294 g/mol. The molecule has 0 aliphatic rings. The number of ether oxygens (including phenoxy) is 1. The maximum Gasteiger partial charge on any atom is 0.0875 e. The highest BCUT2D eigenvalue weighted by molar-refractivity contribution is 6.78. The molecule has 0 bridgehead atoms. The van der Waals surface area contributed by atoms with Crippen molar-refractivity contribution in [3.63, 3.8) is 0 Å². The lowest BCUT2D eigenvalue weighted by Gasteiger charge is -2.47. The maximum atomic E-state index is 11.2. The van der Waals surface area contributed by atoms with Crippen LogP contribution < -0.4 is 0 Å². The van der Waals surface area contributed by atoms with E-state index in [4.69, 9.17) is 4.74 Å². The Morgan fingerprint density at radius 1 is 1.10 bits per heavy atom. The predicted molar refractivity (Wildman–Crippen MR) is 88.5 cm³/mol. The molecule has 3 heteroatoms. The highest BCUT2D eigenvalue weighted by atomic mass is 28.3. The van der Waals surface area contributed by atoms with Crippen LogP contribution >= 0.6 is 0 Å². The van der Waals surface area contributed by atoms with E-state index in [-0.39, 0.29) is 12.0 Å². The molecule has 0 radical (unpaired) electrons. The van der Waals surface area contributed by atoms with Crippen molar-refractivity contribution >= 4 is 8.07 Å². The SMILES string of the molecule is CO[C@H](c1ccccc1)[C@H](C(C)C)[C@@](C)(O)[Si](C)(C)C. The molecule has 1 aromatic rings. The van der Waals surface area contributed by atoms with Gasteiger partial charge in [-0.05, 0) is 18.4 Å². The van der Waals surface area contributed by atoms with Crippen LogP contribution in [-0.4, -0.2) is 25.5 Å². The van der Waals surface area contributed by atoms with Gasteiger partial charge in [0.2, 0.25) is 0 Å². The Morgan fingerprint density at radius 2 is 1.60 bits per heavy atom. The summed E-state index contributed by atoms with van der Waals surface area (Å²) in [6.45, 7) is 13.0. The quantitative estimate of drug-likeness (QED) is 0.794. The van der Waals surface area contributed by atoms with E-state index in [1.54, 1.807) is 7.11 Å². The van der Waals surface area contributed by atoms with E-state index in [1.165, 1.54) is 0 Å². The summed E-state index contributed by atoms with van der Waals surface area (Å²) < 4.78 is 5.80. The second-order valence-corrected chi connectivity index (χ2v) is 12.7. The molecule has 0 aromatic heterocycles. The largest absolute Gasteiger partial charge is 0.393 e. The average Bonchev–Trinajstić information content (AvgIpc) is 2.34. The van der Waals surface area contributed by atoms with Gasteiger partial charge < -0.3 is 9.84 Å². The van der Waals surface area contributed by atoms with Gasteiger partial charge in [0, 0.05) is 13.0 Å². The third kappa shape index (κ3) is 3.51. The van der Waals surface area contributed by atoms with Gasteiger partial charge in [-0.2, -0.15) is 0 Å². The smallest absolute Gasteiger partial charge is 0.0875 e. The Labute approximate surface area is 125 Å². The second kappa shape index (κ2) is 6.42. The molecule has 20 heavy (non-hydrogen) atoms. The van der Waals surface area contributed by atoms with Crippen molar-refractivity contribution in [2.75, 3.05) is 7.11 Å². The van der Waals surface area contributed by atoms with Gasteiger partial charge in [0.1, 0.15) is 0 Å². The number of rotatable bonds is 6. The van der Waals surface area contributed by atoms with Crippen LogP contribution in [0.3, 0.4) is 0 Å². The first-order chi connectivity index (χ1) is 9.13. The van der Waals surface area contributed by atoms with Gasteiger partial charge in [0.15, 0.2) is 0 Å². The van der Waals surface area contributed by atoms with Crippen LogP contribution in [0.25, 0.3) is 0 Å². The van der Waals surface area contributed by atoms with E-state index >= 15 is 0 Å². The van der Waals surface area contributed by atoms with Gasteiger partial charge in [-0.3, -0.25) is 0 Å². The van der Waals surface area contributed by atoms with Gasteiger partial charge in [-0.15, -0.1) is 0 Å². The first-order valence-electron chi connectivity index (χ1n) is 7.43. The van der Waals surface area contributed by atoms with Gasteiger partial charge in [0.05, 0.1) is 19.4 Å². The maximum absolute atomic E-state index is 11.2. The van der Waals surface area contributed by atoms with Crippen molar-refractivity contribution in [2.24, 2.45) is 11.8 Å². The number of benzene rings is 1. The van der Waals surface area contributed by atoms with E-state index < -0.39 is 13.3 Å². The molecule has 0 amide bonds. The van der Waals surface area contributed by atoms with Crippen LogP contribution in [0.4, 0.5) is 0 Å². The molecule has 1 N–H and O–H groups in total. The van der Waals surface area contributed by atoms with Crippen molar-refractivity contribution in [3.05, 3.63) is 35.9 Å². The molecule has 0 fully saturated rings. The van der Waals surface area contributed by atoms with Crippen molar-refractivity contribution in [2.45, 2.75) is 51.7 Å². The van der Waals surface area contributed by atoms with Gasteiger partial charge >= 0.3 is 0 Å². The molecule has 0 aliphatic heterocycles. The van der Waals surface area contributed by atoms with Gasteiger partial charge in [-0.1, -0.05) is 63.8 Å². The standard InChI is InChI=1S/C17H30O2Si/c1-13(2)15(17(3,18)20(5,6)7)16(19-4)14-11-9-8-10-12-14/h8-13,15-16,18H,1-7H3/t15-,16+,17-/m0/s1. The van der Waals surface area contributed by atoms with Crippen molar-refractivity contribution < 1.29 is 9.84 Å². The Kier molecular flexibility index (Phi) is 5.59.